The van der Waals surface area contributed by atoms with Crippen molar-refractivity contribution in [1.29, 1.82) is 0 Å². The maximum Gasteiger partial charge on any atom is 0.137 e. The van der Waals surface area contributed by atoms with E-state index in [9.17, 15) is 14.0 Å². The van der Waals surface area contributed by atoms with Crippen molar-refractivity contribution in [1.82, 2.24) is 9.97 Å². The van der Waals surface area contributed by atoms with Crippen molar-refractivity contribution < 1.29 is 18.7 Å². The van der Waals surface area contributed by atoms with Crippen LogP contribution in [0, 0.1) is 5.82 Å². The first-order chi connectivity index (χ1) is 22.6. The number of aromatic amines is 1. The maximum atomic E-state index is 12.7. The zero-order valence-corrected chi connectivity index (χ0v) is 30.6. The number of halogens is 1. The molecule has 0 saturated heterocycles. The molecule has 0 fully saturated rings. The van der Waals surface area contributed by atoms with Crippen LogP contribution in [-0.2, 0) is 16.0 Å². The SMILES string of the molecule is CC.CC(C)=O.CCC.CCCC(=O)CC(C)c1ccc(F)cc1.CCCOc1ccc(-c2ccc(-c3ncc[nH]3)cc2)cc1CC. The van der Waals surface area contributed by atoms with Gasteiger partial charge in [0.2, 0.25) is 0 Å². The molecule has 4 aromatic rings. The molecule has 1 heterocycles. The number of aryl methyl sites for hydroxylation is 1. The molecule has 1 N–H and O–H groups in total. The third-order valence-electron chi connectivity index (χ3n) is 6.39. The Morgan fingerprint density at radius 1 is 0.830 bits per heavy atom. The Morgan fingerprint density at radius 3 is 1.87 bits per heavy atom. The molecule has 1 aromatic heterocycles. The van der Waals surface area contributed by atoms with E-state index in [1.807, 2.05) is 33.9 Å². The Morgan fingerprint density at radius 2 is 1.38 bits per heavy atom. The van der Waals surface area contributed by atoms with Gasteiger partial charge in [0.1, 0.15) is 29.0 Å². The summed E-state index contributed by atoms with van der Waals surface area (Å²) < 4.78 is 18.5. The van der Waals surface area contributed by atoms with Crippen molar-refractivity contribution in [2.45, 2.75) is 114 Å². The maximum absolute atomic E-state index is 12.7. The van der Waals surface area contributed by atoms with Crippen LogP contribution >= 0.6 is 0 Å². The number of nitrogens with zero attached hydrogens (tertiary/aromatic N) is 1. The number of nitrogens with one attached hydrogen (secondary N) is 1. The van der Waals surface area contributed by atoms with Crippen LogP contribution in [0.25, 0.3) is 22.5 Å². The number of carbonyl (C=O) groups is 2. The molecule has 0 aliphatic rings. The first kappa shape index (κ1) is 42.9. The number of hydrogen-bond acceptors (Lipinski definition) is 4. The Labute approximate surface area is 284 Å². The summed E-state index contributed by atoms with van der Waals surface area (Å²) in [5, 5.41) is 0. The average Bonchev–Trinajstić information content (AvgIpc) is 3.61. The van der Waals surface area contributed by atoms with Gasteiger partial charge < -0.3 is 14.5 Å². The summed E-state index contributed by atoms with van der Waals surface area (Å²) >= 11 is 0. The number of hydrogen-bond donors (Lipinski definition) is 1. The first-order valence-corrected chi connectivity index (χ1v) is 17.2. The molecule has 1 atom stereocenters. The molecule has 6 heteroatoms. The van der Waals surface area contributed by atoms with E-state index in [0.29, 0.717) is 12.8 Å². The summed E-state index contributed by atoms with van der Waals surface area (Å²) in [6.07, 6.45) is 8.95. The normalized spacial score (nSPS) is 10.3. The summed E-state index contributed by atoms with van der Waals surface area (Å²) in [6, 6.07) is 21.3. The van der Waals surface area contributed by atoms with Crippen LogP contribution in [0.4, 0.5) is 4.39 Å². The van der Waals surface area contributed by atoms with Gasteiger partial charge in [-0.1, -0.05) is 104 Å². The van der Waals surface area contributed by atoms with E-state index in [1.165, 1.54) is 49.1 Å². The number of H-pyrrole nitrogens is 1. The Hall–Kier alpha value is -4.06. The van der Waals surface area contributed by atoms with Crippen LogP contribution < -0.4 is 4.74 Å². The monoisotopic (exact) mass is 646 g/mol. The van der Waals surface area contributed by atoms with Crippen LogP contribution in [0.5, 0.6) is 5.75 Å². The molecule has 0 aliphatic heterocycles. The van der Waals surface area contributed by atoms with Crippen molar-refractivity contribution in [2.24, 2.45) is 0 Å². The van der Waals surface area contributed by atoms with Gasteiger partial charge in [-0.3, -0.25) is 4.79 Å². The molecule has 0 radical (unpaired) electrons. The lowest BCUT2D eigenvalue weighted by atomic mass is 9.94. The molecule has 4 rings (SSSR count). The van der Waals surface area contributed by atoms with Gasteiger partial charge in [-0.2, -0.15) is 0 Å². The lowest BCUT2D eigenvalue weighted by molar-refractivity contribution is -0.119. The van der Waals surface area contributed by atoms with Crippen LogP contribution in [0.2, 0.25) is 0 Å². The number of ketones is 2. The minimum absolute atomic E-state index is 0.167. The highest BCUT2D eigenvalue weighted by Crippen LogP contribution is 2.29. The van der Waals surface area contributed by atoms with Crippen LogP contribution in [0.15, 0.2) is 79.1 Å². The summed E-state index contributed by atoms with van der Waals surface area (Å²) in [4.78, 5) is 28.3. The minimum Gasteiger partial charge on any atom is -0.493 e. The zero-order valence-electron chi connectivity index (χ0n) is 30.6. The molecule has 0 aliphatic carbocycles. The fraction of sp³-hybridized carbons (Fsp3) is 0.439. The number of carbonyl (C=O) groups excluding carboxylic acids is 2. The third-order valence-corrected chi connectivity index (χ3v) is 6.39. The molecule has 0 spiro atoms. The summed E-state index contributed by atoms with van der Waals surface area (Å²) in [5.41, 5.74) is 5.80. The summed E-state index contributed by atoms with van der Waals surface area (Å²) in [6.45, 7) is 20.4. The van der Waals surface area contributed by atoms with Crippen molar-refractivity contribution >= 4 is 11.6 Å². The quantitative estimate of drug-likeness (QED) is 0.176. The first-order valence-electron chi connectivity index (χ1n) is 17.2. The third kappa shape index (κ3) is 18.0. The number of Topliss-reactive ketones (excluding diaryl/α,β-unsaturated/α-hetero) is 2. The predicted octanol–water partition coefficient (Wildman–Crippen LogP) is 11.8. The van der Waals surface area contributed by atoms with Gasteiger partial charge in [0.15, 0.2) is 0 Å². The second-order valence-electron chi connectivity index (χ2n) is 11.1. The molecule has 0 bridgehead atoms. The van der Waals surface area contributed by atoms with Crippen LogP contribution in [0.1, 0.15) is 118 Å². The smallest absolute Gasteiger partial charge is 0.137 e. The number of benzene rings is 3. The number of rotatable bonds is 11. The topological polar surface area (TPSA) is 72.1 Å². The average molecular weight is 647 g/mol. The number of aromatic nitrogens is 2. The fourth-order valence-electron chi connectivity index (χ4n) is 4.26. The van der Waals surface area contributed by atoms with Crippen molar-refractivity contribution in [3.63, 3.8) is 0 Å². The van der Waals surface area contributed by atoms with Crippen molar-refractivity contribution in [3.8, 4) is 28.3 Å². The molecular weight excluding hydrogens is 587 g/mol. The summed E-state index contributed by atoms with van der Waals surface area (Å²) in [5.74, 6) is 2.31. The van der Waals surface area contributed by atoms with Crippen molar-refractivity contribution in [3.05, 3.63) is 96.1 Å². The highest BCUT2D eigenvalue weighted by molar-refractivity contribution is 5.79. The van der Waals surface area contributed by atoms with Gasteiger partial charge in [-0.05, 0) is 85.5 Å². The van der Waals surface area contributed by atoms with Crippen LogP contribution in [-0.4, -0.2) is 28.1 Å². The van der Waals surface area contributed by atoms with Crippen molar-refractivity contribution in [2.75, 3.05) is 6.61 Å². The van der Waals surface area contributed by atoms with E-state index in [-0.39, 0.29) is 23.3 Å². The largest absolute Gasteiger partial charge is 0.493 e. The van der Waals surface area contributed by atoms with Gasteiger partial charge >= 0.3 is 0 Å². The van der Waals surface area contributed by atoms with E-state index in [4.69, 9.17) is 4.74 Å². The van der Waals surface area contributed by atoms with E-state index in [2.05, 4.69) is 80.1 Å². The van der Waals surface area contributed by atoms with E-state index >= 15 is 0 Å². The standard InChI is InChI=1S/C20H22N2O.C13H17FO.C3H6O.C3H8.C2H6/c1-3-13-23-19-10-9-18(14-15(19)4-2)16-5-7-17(8-6-16)20-21-11-12-22-20;1-3-4-13(15)9-10(2)11-5-7-12(14)8-6-11;1-3(2)4;1-3-2;1-2/h5-12,14H,3-4,13H2,1-2H3,(H,21,22);5-8,10H,3-4,9H2,1-2H3;1-2H3;3H2,1-2H3;1-2H3. The predicted molar refractivity (Wildman–Crippen MR) is 198 cm³/mol. The number of ether oxygens (including phenoxy) is 1. The summed E-state index contributed by atoms with van der Waals surface area (Å²) in [7, 11) is 0. The van der Waals surface area contributed by atoms with Crippen LogP contribution in [0.3, 0.4) is 0 Å². The minimum atomic E-state index is -0.231. The fourth-order valence-corrected chi connectivity index (χ4v) is 4.26. The highest BCUT2D eigenvalue weighted by Gasteiger charge is 2.10. The Balaban J connectivity index is 0.000000758. The second-order valence-corrected chi connectivity index (χ2v) is 11.1. The van der Waals surface area contributed by atoms with E-state index in [1.54, 1.807) is 18.3 Å². The zero-order chi connectivity index (χ0) is 35.6. The Bertz CT molecular complexity index is 1360. The lowest BCUT2D eigenvalue weighted by Gasteiger charge is -2.12. The second kappa shape index (κ2) is 26.1. The molecule has 0 saturated carbocycles. The van der Waals surface area contributed by atoms with Gasteiger partial charge in [-0.15, -0.1) is 0 Å². The number of imidazole rings is 1. The van der Waals surface area contributed by atoms with E-state index < -0.39 is 0 Å². The Kier molecular flexibility index (Phi) is 23.8. The van der Waals surface area contributed by atoms with Gasteiger partial charge in [0.05, 0.1) is 6.61 Å². The van der Waals surface area contributed by atoms with Gasteiger partial charge in [-0.25, -0.2) is 9.37 Å². The molecular formula is C41H59FN2O3. The molecule has 0 amide bonds. The van der Waals surface area contributed by atoms with Gasteiger partial charge in [0.25, 0.3) is 0 Å². The highest BCUT2D eigenvalue weighted by atomic mass is 19.1. The van der Waals surface area contributed by atoms with Gasteiger partial charge in [0, 0.05) is 30.8 Å². The lowest BCUT2D eigenvalue weighted by Crippen LogP contribution is -2.03. The molecule has 47 heavy (non-hydrogen) atoms. The van der Waals surface area contributed by atoms with E-state index in [0.717, 1.165) is 48.6 Å². The molecule has 3 aromatic carbocycles. The molecule has 5 nitrogen and oxygen atoms in total. The molecule has 258 valence electrons. The molecule has 1 unspecified atom stereocenters.